The first-order valence-corrected chi connectivity index (χ1v) is 8.91. The molecule has 0 saturated carbocycles. The molecule has 0 radical (unpaired) electrons. The molecule has 2 aromatic heterocycles. The maximum Gasteiger partial charge on any atom is 0.267 e. The van der Waals surface area contributed by atoms with E-state index in [4.69, 9.17) is 9.15 Å². The molecule has 0 spiro atoms. The molecular formula is C19H25N3O3. The highest BCUT2D eigenvalue weighted by Crippen LogP contribution is 2.33. The van der Waals surface area contributed by atoms with E-state index in [0.717, 1.165) is 37.6 Å². The van der Waals surface area contributed by atoms with E-state index in [1.54, 1.807) is 0 Å². The number of aromatic nitrogens is 1. The van der Waals surface area contributed by atoms with Crippen LogP contribution in [0.1, 0.15) is 28.4 Å². The average Bonchev–Trinajstić information content (AvgIpc) is 3.30. The molecule has 0 aliphatic carbocycles. The maximum absolute atomic E-state index is 12.2. The van der Waals surface area contributed by atoms with E-state index in [1.165, 1.54) is 0 Å². The second kappa shape index (κ2) is 6.69. The molecule has 0 unspecified atom stereocenters. The molecule has 6 nitrogen and oxygen atoms in total. The predicted molar refractivity (Wildman–Crippen MR) is 93.2 cm³/mol. The van der Waals surface area contributed by atoms with Crippen molar-refractivity contribution in [3.8, 4) is 0 Å². The number of carbonyl (C=O) groups is 1. The number of aryl methyl sites for hydroxylation is 2. The van der Waals surface area contributed by atoms with Gasteiger partial charge in [-0.15, -0.1) is 0 Å². The maximum atomic E-state index is 12.2. The van der Waals surface area contributed by atoms with Gasteiger partial charge in [0.25, 0.3) is 5.91 Å². The minimum Gasteiger partial charge on any atom is -0.465 e. The second-order valence-electron chi connectivity index (χ2n) is 7.21. The van der Waals surface area contributed by atoms with Crippen LogP contribution in [0, 0.1) is 12.8 Å². The van der Waals surface area contributed by atoms with Crippen molar-refractivity contribution in [1.29, 1.82) is 0 Å². The van der Waals surface area contributed by atoms with Crippen LogP contribution in [0.15, 0.2) is 34.9 Å². The van der Waals surface area contributed by atoms with Crippen LogP contribution in [-0.2, 0) is 18.3 Å². The number of likely N-dealkylation sites (tertiary alicyclic amines) is 1. The SMILES string of the molecule is Cc1ccc(CN2C[C@@H]3C[C@@H](CNC(=O)c4cccn4C)O[C@@H]3C2)o1. The number of hydrogen-bond donors (Lipinski definition) is 1. The van der Waals surface area contributed by atoms with Crippen LogP contribution in [0.5, 0.6) is 0 Å². The molecule has 1 N–H and O–H groups in total. The van der Waals surface area contributed by atoms with Crippen molar-refractivity contribution >= 4 is 5.91 Å². The molecule has 2 saturated heterocycles. The number of nitrogens with zero attached hydrogens (tertiary/aromatic N) is 2. The largest absolute Gasteiger partial charge is 0.465 e. The molecule has 4 rings (SSSR count). The van der Waals surface area contributed by atoms with Crippen molar-refractivity contribution in [2.24, 2.45) is 13.0 Å². The summed E-state index contributed by atoms with van der Waals surface area (Å²) < 4.78 is 13.7. The molecule has 0 bridgehead atoms. The quantitative estimate of drug-likeness (QED) is 0.901. The third-order valence-electron chi connectivity index (χ3n) is 5.23. The molecule has 4 heterocycles. The molecule has 25 heavy (non-hydrogen) atoms. The molecule has 2 aliphatic rings. The van der Waals surface area contributed by atoms with Gasteiger partial charge in [0.15, 0.2) is 0 Å². The van der Waals surface area contributed by atoms with Gasteiger partial charge in [0.05, 0.1) is 18.8 Å². The second-order valence-corrected chi connectivity index (χ2v) is 7.21. The molecule has 6 heteroatoms. The fourth-order valence-electron chi connectivity index (χ4n) is 3.99. The van der Waals surface area contributed by atoms with Crippen LogP contribution in [0.25, 0.3) is 0 Å². The standard InChI is InChI=1S/C19H25N3O3/c1-13-5-6-15(24-13)11-22-10-14-8-16(25-18(14)12-22)9-20-19(23)17-4-3-7-21(17)2/h3-7,14,16,18H,8-12H2,1-2H3,(H,20,23)/t14-,16-,18+/m0/s1. The van der Waals surface area contributed by atoms with Crippen LogP contribution in [0.2, 0.25) is 0 Å². The summed E-state index contributed by atoms with van der Waals surface area (Å²) in [7, 11) is 1.88. The normalized spacial score (nSPS) is 26.1. The van der Waals surface area contributed by atoms with Gasteiger partial charge in [0.2, 0.25) is 0 Å². The number of nitrogens with one attached hydrogen (secondary N) is 1. The van der Waals surface area contributed by atoms with E-state index < -0.39 is 0 Å². The van der Waals surface area contributed by atoms with Crippen LogP contribution < -0.4 is 5.32 Å². The summed E-state index contributed by atoms with van der Waals surface area (Å²) in [6.45, 7) is 5.37. The molecular weight excluding hydrogens is 318 g/mol. The minimum atomic E-state index is -0.0389. The van der Waals surface area contributed by atoms with E-state index in [-0.39, 0.29) is 18.1 Å². The van der Waals surface area contributed by atoms with Crippen molar-refractivity contribution in [3.63, 3.8) is 0 Å². The fourth-order valence-corrected chi connectivity index (χ4v) is 3.99. The van der Waals surface area contributed by atoms with Crippen molar-refractivity contribution in [1.82, 2.24) is 14.8 Å². The van der Waals surface area contributed by atoms with Gasteiger partial charge in [-0.1, -0.05) is 0 Å². The zero-order chi connectivity index (χ0) is 17.4. The van der Waals surface area contributed by atoms with Gasteiger partial charge in [0, 0.05) is 38.8 Å². The van der Waals surface area contributed by atoms with E-state index in [1.807, 2.05) is 49.0 Å². The highest BCUT2D eigenvalue weighted by Gasteiger charge is 2.42. The number of amides is 1. The van der Waals surface area contributed by atoms with Gasteiger partial charge < -0.3 is 19.0 Å². The lowest BCUT2D eigenvalue weighted by Crippen LogP contribution is -2.34. The van der Waals surface area contributed by atoms with Gasteiger partial charge in [0.1, 0.15) is 17.2 Å². The van der Waals surface area contributed by atoms with Gasteiger partial charge >= 0.3 is 0 Å². The first kappa shape index (κ1) is 16.4. The van der Waals surface area contributed by atoms with E-state index >= 15 is 0 Å². The van der Waals surface area contributed by atoms with E-state index in [9.17, 15) is 4.79 Å². The van der Waals surface area contributed by atoms with Crippen molar-refractivity contribution in [2.45, 2.75) is 32.1 Å². The summed E-state index contributed by atoms with van der Waals surface area (Å²) in [5.74, 6) is 2.49. The monoisotopic (exact) mass is 343 g/mol. The number of ether oxygens (including phenoxy) is 1. The van der Waals surface area contributed by atoms with Crippen LogP contribution in [0.4, 0.5) is 0 Å². The molecule has 2 fully saturated rings. The molecule has 134 valence electrons. The van der Waals surface area contributed by atoms with E-state index in [2.05, 4.69) is 10.2 Å². The number of hydrogen-bond acceptors (Lipinski definition) is 4. The zero-order valence-corrected chi connectivity index (χ0v) is 14.8. The minimum absolute atomic E-state index is 0.0389. The summed E-state index contributed by atoms with van der Waals surface area (Å²) in [5, 5.41) is 3.00. The summed E-state index contributed by atoms with van der Waals surface area (Å²) in [6, 6.07) is 7.76. The highest BCUT2D eigenvalue weighted by molar-refractivity contribution is 5.92. The smallest absolute Gasteiger partial charge is 0.267 e. The Labute approximate surface area is 147 Å². The molecule has 0 aromatic carbocycles. The Morgan fingerprint density at radius 1 is 1.32 bits per heavy atom. The van der Waals surface area contributed by atoms with Crippen LogP contribution in [0.3, 0.4) is 0 Å². The number of furan rings is 1. The van der Waals surface area contributed by atoms with Crippen molar-refractivity contribution in [2.75, 3.05) is 19.6 Å². The molecule has 3 atom stereocenters. The van der Waals surface area contributed by atoms with Gasteiger partial charge in [-0.05, 0) is 37.6 Å². The Hall–Kier alpha value is -2.05. The van der Waals surface area contributed by atoms with Crippen molar-refractivity contribution < 1.29 is 13.9 Å². The fraction of sp³-hybridized carbons (Fsp3) is 0.526. The van der Waals surface area contributed by atoms with Gasteiger partial charge in [-0.25, -0.2) is 0 Å². The Morgan fingerprint density at radius 3 is 2.88 bits per heavy atom. The topological polar surface area (TPSA) is 59.6 Å². The van der Waals surface area contributed by atoms with Crippen molar-refractivity contribution in [3.05, 3.63) is 47.7 Å². The number of carbonyl (C=O) groups excluding carboxylic acids is 1. The third-order valence-corrected chi connectivity index (χ3v) is 5.23. The molecule has 2 aromatic rings. The van der Waals surface area contributed by atoms with Crippen LogP contribution >= 0.6 is 0 Å². The lowest BCUT2D eigenvalue weighted by Gasteiger charge is -2.18. The lowest BCUT2D eigenvalue weighted by atomic mass is 10.0. The Kier molecular flexibility index (Phi) is 4.39. The average molecular weight is 343 g/mol. The molecule has 1 amide bonds. The van der Waals surface area contributed by atoms with Gasteiger partial charge in [-0.3, -0.25) is 9.69 Å². The summed E-state index contributed by atoms with van der Waals surface area (Å²) in [5.41, 5.74) is 0.679. The third kappa shape index (κ3) is 3.50. The predicted octanol–water partition coefficient (Wildman–Crippen LogP) is 1.95. The summed E-state index contributed by atoms with van der Waals surface area (Å²) in [6.07, 6.45) is 3.27. The van der Waals surface area contributed by atoms with Gasteiger partial charge in [-0.2, -0.15) is 0 Å². The summed E-state index contributed by atoms with van der Waals surface area (Å²) in [4.78, 5) is 14.6. The number of fused-ring (bicyclic) bond motifs is 1. The summed E-state index contributed by atoms with van der Waals surface area (Å²) >= 11 is 0. The number of rotatable bonds is 5. The Bertz CT molecular complexity index is 737. The lowest BCUT2D eigenvalue weighted by molar-refractivity contribution is 0.0366. The Morgan fingerprint density at radius 2 is 2.20 bits per heavy atom. The zero-order valence-electron chi connectivity index (χ0n) is 14.8. The molecule has 2 aliphatic heterocycles. The first-order chi connectivity index (χ1) is 12.1. The van der Waals surface area contributed by atoms with Crippen LogP contribution in [-0.4, -0.2) is 47.2 Å². The van der Waals surface area contributed by atoms with E-state index in [0.29, 0.717) is 18.2 Å². The highest BCUT2D eigenvalue weighted by atomic mass is 16.5. The first-order valence-electron chi connectivity index (χ1n) is 8.91. The Balaban J connectivity index is 1.24.